The van der Waals surface area contributed by atoms with E-state index >= 15 is 0 Å². The molecule has 1 heterocycles. The van der Waals surface area contributed by atoms with Crippen LogP contribution in [0.3, 0.4) is 0 Å². The first-order valence-corrected chi connectivity index (χ1v) is 8.38. The molecule has 1 aliphatic rings. The molecule has 6 heteroatoms. The zero-order valence-corrected chi connectivity index (χ0v) is 15.1. The summed E-state index contributed by atoms with van der Waals surface area (Å²) in [6.07, 6.45) is 3.45. The molecule has 0 unspecified atom stereocenters. The van der Waals surface area contributed by atoms with Crippen molar-refractivity contribution in [2.24, 2.45) is 0 Å². The summed E-state index contributed by atoms with van der Waals surface area (Å²) in [5.41, 5.74) is 1.97. The lowest BCUT2D eigenvalue weighted by atomic mass is 10.2. The number of carbonyl (C=O) groups is 1. The molecular formula is C20H18N2O3S. The van der Waals surface area contributed by atoms with Crippen LogP contribution >= 0.6 is 12.2 Å². The molecule has 0 aliphatic carbocycles. The van der Waals surface area contributed by atoms with Crippen molar-refractivity contribution < 1.29 is 14.3 Å². The van der Waals surface area contributed by atoms with Gasteiger partial charge in [-0.1, -0.05) is 24.8 Å². The minimum absolute atomic E-state index is 0.202. The van der Waals surface area contributed by atoms with Crippen molar-refractivity contribution in [2.45, 2.75) is 0 Å². The summed E-state index contributed by atoms with van der Waals surface area (Å²) in [5.74, 6) is 1.26. The maximum absolute atomic E-state index is 12.7. The van der Waals surface area contributed by atoms with E-state index in [1.54, 1.807) is 43.5 Å². The number of hydrogen-bond acceptors (Lipinski definition) is 4. The van der Waals surface area contributed by atoms with E-state index in [4.69, 9.17) is 21.7 Å². The predicted octanol–water partition coefficient (Wildman–Crippen LogP) is 3.52. The number of amides is 1. The van der Waals surface area contributed by atoms with E-state index in [-0.39, 0.29) is 5.91 Å². The molecule has 0 aromatic heterocycles. The third kappa shape index (κ3) is 3.75. The Morgan fingerprint density at radius 2 is 1.77 bits per heavy atom. The fraction of sp³-hybridized carbons (Fsp3) is 0.100. The van der Waals surface area contributed by atoms with Gasteiger partial charge >= 0.3 is 0 Å². The van der Waals surface area contributed by atoms with Gasteiger partial charge in [-0.05, 0) is 60.3 Å². The molecule has 5 nitrogen and oxygen atoms in total. The van der Waals surface area contributed by atoms with Crippen LogP contribution in [-0.2, 0) is 4.79 Å². The number of nitrogens with one attached hydrogen (secondary N) is 1. The number of carbonyl (C=O) groups excluding carboxylic acids is 1. The Bertz CT molecular complexity index is 858. The summed E-state index contributed by atoms with van der Waals surface area (Å²) in [5, 5.41) is 3.32. The minimum atomic E-state index is -0.202. The van der Waals surface area contributed by atoms with Crippen molar-refractivity contribution in [3.8, 4) is 11.5 Å². The quantitative estimate of drug-likeness (QED) is 0.482. The topological polar surface area (TPSA) is 50.8 Å². The first-order chi connectivity index (χ1) is 12.6. The van der Waals surface area contributed by atoms with E-state index in [1.807, 2.05) is 24.3 Å². The normalized spacial score (nSPS) is 15.1. The van der Waals surface area contributed by atoms with Gasteiger partial charge in [0.25, 0.3) is 5.91 Å². The number of rotatable bonds is 6. The first-order valence-electron chi connectivity index (χ1n) is 7.97. The van der Waals surface area contributed by atoms with Gasteiger partial charge in [0.2, 0.25) is 0 Å². The third-order valence-corrected chi connectivity index (χ3v) is 4.05. The molecular weight excluding hydrogens is 348 g/mol. The maximum atomic E-state index is 12.7. The van der Waals surface area contributed by atoms with Gasteiger partial charge in [0, 0.05) is 0 Å². The van der Waals surface area contributed by atoms with E-state index in [1.165, 1.54) is 4.90 Å². The molecule has 0 bridgehead atoms. The lowest BCUT2D eigenvalue weighted by Gasteiger charge is -2.14. The van der Waals surface area contributed by atoms with E-state index in [0.717, 1.165) is 11.3 Å². The van der Waals surface area contributed by atoms with Crippen molar-refractivity contribution in [1.29, 1.82) is 0 Å². The average Bonchev–Trinajstić information content (AvgIpc) is 2.94. The van der Waals surface area contributed by atoms with Gasteiger partial charge in [-0.25, -0.2) is 0 Å². The zero-order valence-electron chi connectivity index (χ0n) is 14.3. The molecule has 1 fully saturated rings. The van der Waals surface area contributed by atoms with E-state index < -0.39 is 0 Å². The molecule has 1 amide bonds. The standard InChI is InChI=1S/C20H18N2O3S/c1-3-12-25-17-8-4-14(5-9-17)13-18-19(23)22(20(26)21-18)15-6-10-16(24-2)11-7-15/h3-11,13H,1,12H2,2H3,(H,21,26). The van der Waals surface area contributed by atoms with Crippen molar-refractivity contribution >= 4 is 35.0 Å². The highest BCUT2D eigenvalue weighted by Crippen LogP contribution is 2.25. The molecule has 1 aliphatic heterocycles. The van der Waals surface area contributed by atoms with Crippen LogP contribution < -0.4 is 19.7 Å². The van der Waals surface area contributed by atoms with Crippen molar-refractivity contribution in [2.75, 3.05) is 18.6 Å². The van der Waals surface area contributed by atoms with Crippen LogP contribution in [0.4, 0.5) is 5.69 Å². The molecule has 26 heavy (non-hydrogen) atoms. The summed E-state index contributed by atoms with van der Waals surface area (Å²) in [7, 11) is 1.59. The Kier molecular flexibility index (Phi) is 5.34. The van der Waals surface area contributed by atoms with Crippen molar-refractivity contribution in [1.82, 2.24) is 5.32 Å². The Labute approximate surface area is 157 Å². The van der Waals surface area contributed by atoms with Gasteiger partial charge in [-0.3, -0.25) is 9.69 Å². The maximum Gasteiger partial charge on any atom is 0.281 e. The Morgan fingerprint density at radius 3 is 2.38 bits per heavy atom. The fourth-order valence-electron chi connectivity index (χ4n) is 2.48. The molecule has 2 aromatic rings. The monoisotopic (exact) mass is 366 g/mol. The third-order valence-electron chi connectivity index (χ3n) is 3.77. The van der Waals surface area contributed by atoms with Gasteiger partial charge in [0.1, 0.15) is 23.8 Å². The Morgan fingerprint density at radius 1 is 1.12 bits per heavy atom. The zero-order chi connectivity index (χ0) is 18.5. The van der Waals surface area contributed by atoms with Gasteiger partial charge < -0.3 is 14.8 Å². The van der Waals surface area contributed by atoms with Crippen molar-refractivity contribution in [3.63, 3.8) is 0 Å². The molecule has 3 rings (SSSR count). The highest BCUT2D eigenvalue weighted by atomic mass is 32.1. The van der Waals surface area contributed by atoms with Gasteiger partial charge in [-0.2, -0.15) is 0 Å². The molecule has 1 saturated heterocycles. The van der Waals surface area contributed by atoms with E-state index in [0.29, 0.717) is 28.9 Å². The fourth-order valence-corrected chi connectivity index (χ4v) is 2.78. The highest BCUT2D eigenvalue weighted by molar-refractivity contribution is 7.80. The number of nitrogens with zero attached hydrogens (tertiary/aromatic N) is 1. The lowest BCUT2D eigenvalue weighted by Crippen LogP contribution is -2.30. The minimum Gasteiger partial charge on any atom is -0.497 e. The van der Waals surface area contributed by atoms with Crippen LogP contribution in [-0.4, -0.2) is 24.7 Å². The van der Waals surface area contributed by atoms with Crippen LogP contribution in [0.2, 0.25) is 0 Å². The smallest absolute Gasteiger partial charge is 0.281 e. The van der Waals surface area contributed by atoms with E-state index in [2.05, 4.69) is 11.9 Å². The molecule has 0 atom stereocenters. The lowest BCUT2D eigenvalue weighted by molar-refractivity contribution is -0.113. The molecule has 1 N–H and O–H groups in total. The summed E-state index contributed by atoms with van der Waals surface area (Å²) in [6, 6.07) is 14.6. The van der Waals surface area contributed by atoms with E-state index in [9.17, 15) is 4.79 Å². The number of hydrogen-bond donors (Lipinski definition) is 1. The number of ether oxygens (including phenoxy) is 2. The molecule has 2 aromatic carbocycles. The number of methoxy groups -OCH3 is 1. The summed E-state index contributed by atoms with van der Waals surface area (Å²) in [4.78, 5) is 14.2. The van der Waals surface area contributed by atoms with Crippen LogP contribution in [0, 0.1) is 0 Å². The molecule has 0 saturated carbocycles. The van der Waals surface area contributed by atoms with Gasteiger partial charge in [-0.15, -0.1) is 0 Å². The number of thiocarbonyl (C=S) groups is 1. The van der Waals surface area contributed by atoms with Gasteiger partial charge in [0.05, 0.1) is 12.8 Å². The first kappa shape index (κ1) is 17.7. The largest absolute Gasteiger partial charge is 0.497 e. The average molecular weight is 366 g/mol. The van der Waals surface area contributed by atoms with Crippen LogP contribution in [0.15, 0.2) is 66.9 Å². The Balaban J connectivity index is 1.79. The second-order valence-electron chi connectivity index (χ2n) is 5.50. The van der Waals surface area contributed by atoms with Crippen LogP contribution in [0.25, 0.3) is 6.08 Å². The molecule has 0 spiro atoms. The second-order valence-corrected chi connectivity index (χ2v) is 5.88. The highest BCUT2D eigenvalue weighted by Gasteiger charge is 2.31. The predicted molar refractivity (Wildman–Crippen MR) is 106 cm³/mol. The van der Waals surface area contributed by atoms with Crippen LogP contribution in [0.1, 0.15) is 5.56 Å². The summed E-state index contributed by atoms with van der Waals surface area (Å²) in [6.45, 7) is 4.06. The summed E-state index contributed by atoms with van der Waals surface area (Å²) >= 11 is 5.32. The Hall–Kier alpha value is -3.12. The van der Waals surface area contributed by atoms with Crippen LogP contribution in [0.5, 0.6) is 11.5 Å². The number of benzene rings is 2. The van der Waals surface area contributed by atoms with Crippen molar-refractivity contribution in [3.05, 3.63) is 72.4 Å². The molecule has 0 radical (unpaired) electrons. The number of anilines is 1. The van der Waals surface area contributed by atoms with Gasteiger partial charge in [0.15, 0.2) is 5.11 Å². The second kappa shape index (κ2) is 7.84. The molecule has 132 valence electrons. The summed E-state index contributed by atoms with van der Waals surface area (Å²) < 4.78 is 10.6. The SMILES string of the molecule is C=CCOc1ccc(C=C2NC(=S)N(c3ccc(OC)cc3)C2=O)cc1.